The summed E-state index contributed by atoms with van der Waals surface area (Å²) >= 11 is 6.07. The molecule has 1 fully saturated rings. The lowest BCUT2D eigenvalue weighted by Gasteiger charge is -2.29. The number of rotatable bonds is 5. The lowest BCUT2D eigenvalue weighted by Crippen LogP contribution is -2.35. The first kappa shape index (κ1) is 14.8. The summed E-state index contributed by atoms with van der Waals surface area (Å²) in [6.45, 7) is 4.12. The van der Waals surface area contributed by atoms with Gasteiger partial charge in [0.15, 0.2) is 0 Å². The lowest BCUT2D eigenvalue weighted by atomic mass is 10.0. The number of hydrogen-bond acceptors (Lipinski definition) is 3. The Morgan fingerprint density at radius 2 is 2.32 bits per heavy atom. The van der Waals surface area contributed by atoms with E-state index >= 15 is 0 Å². The van der Waals surface area contributed by atoms with E-state index in [0.717, 1.165) is 17.5 Å². The maximum absolute atomic E-state index is 6.07. The van der Waals surface area contributed by atoms with E-state index in [0.29, 0.717) is 6.54 Å². The van der Waals surface area contributed by atoms with Crippen molar-refractivity contribution < 1.29 is 0 Å². The minimum atomic E-state index is 0.254. The van der Waals surface area contributed by atoms with Gasteiger partial charge in [-0.2, -0.15) is 0 Å². The molecule has 1 heterocycles. The van der Waals surface area contributed by atoms with Crippen molar-refractivity contribution in [2.24, 2.45) is 11.7 Å². The largest absolute Gasteiger partial charge is 0.329 e. The number of halogens is 1. The zero-order valence-corrected chi connectivity index (χ0v) is 12.6. The molecule has 0 radical (unpaired) electrons. The Morgan fingerprint density at radius 3 is 2.89 bits per heavy atom. The van der Waals surface area contributed by atoms with Gasteiger partial charge in [0.1, 0.15) is 0 Å². The van der Waals surface area contributed by atoms with Gasteiger partial charge in [-0.1, -0.05) is 23.7 Å². The highest BCUT2D eigenvalue weighted by Gasteiger charge is 2.24. The van der Waals surface area contributed by atoms with E-state index in [1.807, 2.05) is 18.2 Å². The van der Waals surface area contributed by atoms with Crippen molar-refractivity contribution in [1.82, 2.24) is 9.80 Å². The number of nitrogens with zero attached hydrogens (tertiary/aromatic N) is 2. The lowest BCUT2D eigenvalue weighted by molar-refractivity contribution is 0.211. The second-order valence-electron chi connectivity index (χ2n) is 5.66. The van der Waals surface area contributed by atoms with Crippen LogP contribution in [-0.4, -0.2) is 50.1 Å². The summed E-state index contributed by atoms with van der Waals surface area (Å²) in [6, 6.07) is 8.30. The summed E-state index contributed by atoms with van der Waals surface area (Å²) in [6.07, 6.45) is 1.29. The van der Waals surface area contributed by atoms with Crippen LogP contribution in [0.25, 0.3) is 0 Å². The van der Waals surface area contributed by atoms with Crippen LogP contribution in [-0.2, 0) is 0 Å². The number of benzene rings is 1. The number of likely N-dealkylation sites (N-methyl/N-ethyl adjacent to an activating group) is 1. The minimum Gasteiger partial charge on any atom is -0.329 e. The van der Waals surface area contributed by atoms with Crippen molar-refractivity contribution >= 4 is 11.6 Å². The smallest absolute Gasteiger partial charge is 0.0468 e. The molecule has 1 saturated heterocycles. The minimum absolute atomic E-state index is 0.254. The van der Waals surface area contributed by atoms with E-state index in [-0.39, 0.29) is 6.04 Å². The van der Waals surface area contributed by atoms with E-state index in [4.69, 9.17) is 17.3 Å². The van der Waals surface area contributed by atoms with Crippen molar-refractivity contribution in [1.29, 1.82) is 0 Å². The van der Waals surface area contributed by atoms with Gasteiger partial charge >= 0.3 is 0 Å². The molecular formula is C15H24ClN3. The molecule has 0 saturated carbocycles. The second-order valence-corrected chi connectivity index (χ2v) is 6.10. The fourth-order valence-corrected chi connectivity index (χ4v) is 3.19. The van der Waals surface area contributed by atoms with Gasteiger partial charge in [0.05, 0.1) is 0 Å². The average molecular weight is 282 g/mol. The van der Waals surface area contributed by atoms with Crippen LogP contribution in [0.3, 0.4) is 0 Å². The van der Waals surface area contributed by atoms with Gasteiger partial charge in [0.25, 0.3) is 0 Å². The summed E-state index contributed by atoms with van der Waals surface area (Å²) in [4.78, 5) is 4.77. The van der Waals surface area contributed by atoms with Gasteiger partial charge in [-0.3, -0.25) is 4.90 Å². The first-order valence-corrected chi connectivity index (χ1v) is 7.32. The zero-order valence-electron chi connectivity index (χ0n) is 11.8. The Balaban J connectivity index is 2.00. The van der Waals surface area contributed by atoms with Crippen molar-refractivity contribution in [2.45, 2.75) is 12.5 Å². The molecule has 1 aromatic rings. The predicted molar refractivity (Wildman–Crippen MR) is 81.5 cm³/mol. The van der Waals surface area contributed by atoms with Gasteiger partial charge < -0.3 is 10.6 Å². The van der Waals surface area contributed by atoms with Crippen LogP contribution in [0.4, 0.5) is 0 Å². The molecule has 0 aliphatic carbocycles. The van der Waals surface area contributed by atoms with Gasteiger partial charge in [0.2, 0.25) is 0 Å². The molecule has 2 rings (SSSR count). The third-order valence-corrected chi connectivity index (χ3v) is 4.26. The number of likely N-dealkylation sites (tertiary alicyclic amines) is 1. The van der Waals surface area contributed by atoms with Gasteiger partial charge in [-0.25, -0.2) is 0 Å². The molecule has 1 aliphatic heterocycles. The molecular weight excluding hydrogens is 258 g/mol. The highest BCUT2D eigenvalue weighted by atomic mass is 35.5. The van der Waals surface area contributed by atoms with Gasteiger partial charge in [-0.15, -0.1) is 0 Å². The van der Waals surface area contributed by atoms with E-state index < -0.39 is 0 Å². The molecule has 19 heavy (non-hydrogen) atoms. The fraction of sp³-hybridized carbons (Fsp3) is 0.600. The zero-order chi connectivity index (χ0) is 13.8. The highest BCUT2D eigenvalue weighted by molar-refractivity contribution is 6.30. The maximum atomic E-state index is 6.07. The van der Waals surface area contributed by atoms with Crippen LogP contribution in [0.15, 0.2) is 24.3 Å². The van der Waals surface area contributed by atoms with Crippen LogP contribution in [0.5, 0.6) is 0 Å². The Bertz CT molecular complexity index is 410. The molecule has 4 heteroatoms. The summed E-state index contributed by atoms with van der Waals surface area (Å²) < 4.78 is 0. The van der Waals surface area contributed by atoms with Crippen LogP contribution in [0, 0.1) is 5.92 Å². The molecule has 2 unspecified atom stereocenters. The molecule has 0 bridgehead atoms. The standard InChI is InChI=1S/C15H24ClN3/c1-18-7-6-12(10-18)11-19(2)15(9-17)13-4-3-5-14(16)8-13/h3-5,8,12,15H,6-7,9-11,17H2,1-2H3. The monoisotopic (exact) mass is 281 g/mol. The molecule has 2 N–H and O–H groups in total. The normalized spacial score (nSPS) is 22.1. The predicted octanol–water partition coefficient (Wildman–Crippen LogP) is 2.22. The second kappa shape index (κ2) is 6.71. The highest BCUT2D eigenvalue weighted by Crippen LogP contribution is 2.24. The van der Waals surface area contributed by atoms with Gasteiger partial charge in [-0.05, 0) is 50.7 Å². The molecule has 2 atom stereocenters. The SMILES string of the molecule is CN1CCC(CN(C)C(CN)c2cccc(Cl)c2)C1. The van der Waals surface area contributed by atoms with E-state index in [2.05, 4.69) is 30.0 Å². The molecule has 1 aromatic carbocycles. The van der Waals surface area contributed by atoms with E-state index in [1.165, 1.54) is 25.1 Å². The summed E-state index contributed by atoms with van der Waals surface area (Å²) in [5.41, 5.74) is 7.17. The summed E-state index contributed by atoms with van der Waals surface area (Å²) in [7, 11) is 4.36. The molecule has 0 amide bonds. The molecule has 0 aromatic heterocycles. The van der Waals surface area contributed by atoms with Crippen molar-refractivity contribution in [3.63, 3.8) is 0 Å². The fourth-order valence-electron chi connectivity index (χ4n) is 2.99. The van der Waals surface area contributed by atoms with Gasteiger partial charge in [0, 0.05) is 30.7 Å². The Labute approximate surface area is 121 Å². The van der Waals surface area contributed by atoms with E-state index in [1.54, 1.807) is 0 Å². The maximum Gasteiger partial charge on any atom is 0.0468 e. The Hall–Kier alpha value is -0.610. The summed E-state index contributed by atoms with van der Waals surface area (Å²) in [5, 5.41) is 0.782. The topological polar surface area (TPSA) is 32.5 Å². The molecule has 106 valence electrons. The van der Waals surface area contributed by atoms with Crippen molar-refractivity contribution in [2.75, 3.05) is 40.3 Å². The molecule has 0 spiro atoms. The number of nitrogens with two attached hydrogens (primary N) is 1. The summed E-state index contributed by atoms with van der Waals surface area (Å²) in [5.74, 6) is 0.753. The average Bonchev–Trinajstić information content (AvgIpc) is 2.75. The first-order valence-electron chi connectivity index (χ1n) is 6.94. The van der Waals surface area contributed by atoms with Crippen LogP contribution in [0.2, 0.25) is 5.02 Å². The quantitative estimate of drug-likeness (QED) is 0.898. The Morgan fingerprint density at radius 1 is 1.53 bits per heavy atom. The van der Waals surface area contributed by atoms with Crippen molar-refractivity contribution in [3.05, 3.63) is 34.9 Å². The Kier molecular flexibility index (Phi) is 5.22. The van der Waals surface area contributed by atoms with Crippen LogP contribution < -0.4 is 5.73 Å². The van der Waals surface area contributed by atoms with Crippen LogP contribution >= 0.6 is 11.6 Å². The molecule has 3 nitrogen and oxygen atoms in total. The number of hydrogen-bond donors (Lipinski definition) is 1. The third-order valence-electron chi connectivity index (χ3n) is 4.02. The van der Waals surface area contributed by atoms with Crippen LogP contribution in [0.1, 0.15) is 18.0 Å². The first-order chi connectivity index (χ1) is 9.10. The van der Waals surface area contributed by atoms with Crippen molar-refractivity contribution in [3.8, 4) is 0 Å². The third kappa shape index (κ3) is 3.93. The molecule has 1 aliphatic rings. The van der Waals surface area contributed by atoms with E-state index in [9.17, 15) is 0 Å².